The van der Waals surface area contributed by atoms with Crippen molar-refractivity contribution in [1.82, 2.24) is 4.90 Å². The van der Waals surface area contributed by atoms with Crippen LogP contribution >= 0.6 is 12.2 Å². The van der Waals surface area contributed by atoms with E-state index in [0.717, 1.165) is 23.7 Å². The number of hydrogen-bond acceptors (Lipinski definition) is 3. The van der Waals surface area contributed by atoms with E-state index in [0.29, 0.717) is 18.3 Å². The first-order valence-corrected chi connectivity index (χ1v) is 8.16. The zero-order valence-electron chi connectivity index (χ0n) is 13.1. The van der Waals surface area contributed by atoms with E-state index in [4.69, 9.17) is 21.7 Å². The third-order valence-electron chi connectivity index (χ3n) is 3.69. The van der Waals surface area contributed by atoms with Crippen LogP contribution < -0.4 is 14.8 Å². The Kier molecular flexibility index (Phi) is 4.98. The fourth-order valence-corrected chi connectivity index (χ4v) is 2.80. The van der Waals surface area contributed by atoms with E-state index in [2.05, 4.69) is 17.1 Å². The molecule has 0 radical (unpaired) electrons. The average Bonchev–Trinajstić information content (AvgIpc) is 2.60. The third-order valence-corrected chi connectivity index (χ3v) is 4.05. The highest BCUT2D eigenvalue weighted by atomic mass is 32.1. The lowest BCUT2D eigenvalue weighted by atomic mass is 10.2. The van der Waals surface area contributed by atoms with Crippen LogP contribution in [0.15, 0.2) is 54.6 Å². The smallest absolute Gasteiger partial charge is 0.173 e. The molecule has 0 unspecified atom stereocenters. The van der Waals surface area contributed by atoms with Crippen LogP contribution in [0, 0.1) is 0 Å². The van der Waals surface area contributed by atoms with Gasteiger partial charge in [0.15, 0.2) is 22.7 Å². The zero-order valence-corrected chi connectivity index (χ0v) is 13.9. The van der Waals surface area contributed by atoms with Crippen molar-refractivity contribution in [2.45, 2.75) is 13.0 Å². The standard InChI is InChI=1S/C18H20N2O2S/c1-2-20(18(23)19-14-8-4-3-5-9-14)12-15-13-21-16-10-6-7-11-17(16)22-15/h3-11,15H,2,12-13H2,1H3,(H,19,23)/t15-/m0/s1. The van der Waals surface area contributed by atoms with E-state index >= 15 is 0 Å². The molecule has 5 heteroatoms. The fourth-order valence-electron chi connectivity index (χ4n) is 2.48. The lowest BCUT2D eigenvalue weighted by Gasteiger charge is -2.32. The SMILES string of the molecule is CCN(C[C@H]1COc2ccccc2O1)C(=S)Nc1ccccc1. The number of nitrogens with one attached hydrogen (secondary N) is 1. The zero-order chi connectivity index (χ0) is 16.1. The molecule has 0 spiro atoms. The normalized spacial score (nSPS) is 15.8. The van der Waals surface area contributed by atoms with Gasteiger partial charge in [-0.1, -0.05) is 30.3 Å². The number of fused-ring (bicyclic) bond motifs is 1. The van der Waals surface area contributed by atoms with Gasteiger partial charge in [0.2, 0.25) is 0 Å². The molecular weight excluding hydrogens is 308 g/mol. The van der Waals surface area contributed by atoms with Crippen LogP contribution in [0.5, 0.6) is 11.5 Å². The number of thiocarbonyl (C=S) groups is 1. The number of nitrogens with zero attached hydrogens (tertiary/aromatic N) is 1. The van der Waals surface area contributed by atoms with Gasteiger partial charge in [-0.15, -0.1) is 0 Å². The average molecular weight is 328 g/mol. The second kappa shape index (κ2) is 7.33. The van der Waals surface area contributed by atoms with Gasteiger partial charge in [0.25, 0.3) is 0 Å². The van der Waals surface area contributed by atoms with Crippen molar-refractivity contribution in [2.75, 3.05) is 25.0 Å². The molecule has 23 heavy (non-hydrogen) atoms. The number of likely N-dealkylation sites (N-methyl/N-ethyl adjacent to an activating group) is 1. The highest BCUT2D eigenvalue weighted by molar-refractivity contribution is 7.80. The minimum atomic E-state index is -0.0413. The molecule has 0 bridgehead atoms. The lowest BCUT2D eigenvalue weighted by Crippen LogP contribution is -2.45. The summed E-state index contributed by atoms with van der Waals surface area (Å²) in [6.07, 6.45) is -0.0413. The van der Waals surface area contributed by atoms with Gasteiger partial charge in [-0.2, -0.15) is 0 Å². The van der Waals surface area contributed by atoms with Gasteiger partial charge in [0.1, 0.15) is 6.61 Å². The monoisotopic (exact) mass is 328 g/mol. The molecule has 2 aromatic rings. The summed E-state index contributed by atoms with van der Waals surface area (Å²) >= 11 is 5.52. The summed E-state index contributed by atoms with van der Waals surface area (Å²) in [5.74, 6) is 1.60. The number of ether oxygens (including phenoxy) is 2. The van der Waals surface area contributed by atoms with Crippen LogP contribution in [0.1, 0.15) is 6.92 Å². The molecular formula is C18H20N2O2S. The number of rotatable bonds is 4. The number of hydrogen-bond donors (Lipinski definition) is 1. The molecule has 4 nitrogen and oxygen atoms in total. The van der Waals surface area contributed by atoms with E-state index in [1.165, 1.54) is 0 Å². The van der Waals surface area contributed by atoms with E-state index in [1.807, 2.05) is 54.6 Å². The molecule has 0 saturated carbocycles. The first kappa shape index (κ1) is 15.6. The summed E-state index contributed by atoms with van der Waals surface area (Å²) in [6, 6.07) is 17.7. The van der Waals surface area contributed by atoms with Crippen LogP contribution in [0.2, 0.25) is 0 Å². The Bertz CT molecular complexity index is 663. The Labute approximate surface area is 142 Å². The van der Waals surface area contributed by atoms with Crippen molar-refractivity contribution in [2.24, 2.45) is 0 Å². The largest absolute Gasteiger partial charge is 0.486 e. The van der Waals surface area contributed by atoms with Gasteiger partial charge >= 0.3 is 0 Å². The van der Waals surface area contributed by atoms with Crippen LogP contribution in [-0.4, -0.2) is 35.8 Å². The van der Waals surface area contributed by atoms with Crippen molar-refractivity contribution in [1.29, 1.82) is 0 Å². The van der Waals surface area contributed by atoms with E-state index in [-0.39, 0.29) is 6.10 Å². The second-order valence-electron chi connectivity index (χ2n) is 5.33. The molecule has 1 N–H and O–H groups in total. The molecule has 1 heterocycles. The maximum Gasteiger partial charge on any atom is 0.173 e. The van der Waals surface area contributed by atoms with Crippen LogP contribution in [0.4, 0.5) is 5.69 Å². The lowest BCUT2D eigenvalue weighted by molar-refractivity contribution is 0.0754. The maximum absolute atomic E-state index is 6.01. The van der Waals surface area contributed by atoms with Gasteiger partial charge in [-0.3, -0.25) is 0 Å². The Morgan fingerprint density at radius 2 is 1.83 bits per heavy atom. The molecule has 0 amide bonds. The number of benzene rings is 2. The van der Waals surface area contributed by atoms with Gasteiger partial charge in [-0.25, -0.2) is 0 Å². The first-order chi connectivity index (χ1) is 11.3. The van der Waals surface area contributed by atoms with E-state index in [9.17, 15) is 0 Å². The Morgan fingerprint density at radius 3 is 2.57 bits per heavy atom. The van der Waals surface area contributed by atoms with Crippen molar-refractivity contribution in [3.8, 4) is 11.5 Å². The van der Waals surface area contributed by atoms with Gasteiger partial charge in [0, 0.05) is 12.2 Å². The summed E-state index contributed by atoms with van der Waals surface area (Å²) in [5.41, 5.74) is 0.988. The molecule has 0 aromatic heterocycles. The quantitative estimate of drug-likeness (QED) is 0.868. The fraction of sp³-hybridized carbons (Fsp3) is 0.278. The predicted molar refractivity (Wildman–Crippen MR) is 96.3 cm³/mol. The number of para-hydroxylation sites is 3. The first-order valence-electron chi connectivity index (χ1n) is 7.75. The predicted octanol–water partition coefficient (Wildman–Crippen LogP) is 3.55. The maximum atomic E-state index is 6.01. The van der Waals surface area contributed by atoms with Gasteiger partial charge in [0.05, 0.1) is 6.54 Å². The second-order valence-corrected chi connectivity index (χ2v) is 5.72. The third kappa shape index (κ3) is 3.93. The van der Waals surface area contributed by atoms with Crippen molar-refractivity contribution < 1.29 is 9.47 Å². The Balaban J connectivity index is 1.60. The van der Waals surface area contributed by atoms with Crippen LogP contribution in [0.25, 0.3) is 0 Å². The van der Waals surface area contributed by atoms with Gasteiger partial charge in [-0.05, 0) is 43.4 Å². The molecule has 2 aromatic carbocycles. The summed E-state index contributed by atoms with van der Waals surface area (Å²) in [4.78, 5) is 2.09. The van der Waals surface area contributed by atoms with Crippen LogP contribution in [0.3, 0.4) is 0 Å². The molecule has 3 rings (SSSR count). The molecule has 120 valence electrons. The van der Waals surface area contributed by atoms with E-state index < -0.39 is 0 Å². The summed E-state index contributed by atoms with van der Waals surface area (Å²) in [6.45, 7) is 4.10. The molecule has 0 saturated heterocycles. The molecule has 0 aliphatic carbocycles. The summed E-state index contributed by atoms with van der Waals surface area (Å²) in [5, 5.41) is 3.96. The molecule has 1 aliphatic heterocycles. The highest BCUT2D eigenvalue weighted by Crippen LogP contribution is 2.31. The van der Waals surface area contributed by atoms with E-state index in [1.54, 1.807) is 0 Å². The Hall–Kier alpha value is -2.27. The minimum absolute atomic E-state index is 0.0413. The van der Waals surface area contributed by atoms with Crippen LogP contribution in [-0.2, 0) is 0 Å². The molecule has 0 fully saturated rings. The van der Waals surface area contributed by atoms with Crippen molar-refractivity contribution >= 4 is 23.0 Å². The molecule has 1 aliphatic rings. The summed E-state index contributed by atoms with van der Waals surface area (Å²) in [7, 11) is 0. The van der Waals surface area contributed by atoms with Crippen molar-refractivity contribution in [3.05, 3.63) is 54.6 Å². The van der Waals surface area contributed by atoms with Crippen molar-refractivity contribution in [3.63, 3.8) is 0 Å². The molecule has 1 atom stereocenters. The number of anilines is 1. The van der Waals surface area contributed by atoms with Gasteiger partial charge < -0.3 is 19.7 Å². The minimum Gasteiger partial charge on any atom is -0.486 e. The topological polar surface area (TPSA) is 33.7 Å². The summed E-state index contributed by atoms with van der Waals surface area (Å²) < 4.78 is 11.8. The Morgan fingerprint density at radius 1 is 1.13 bits per heavy atom. The highest BCUT2D eigenvalue weighted by Gasteiger charge is 2.23.